The van der Waals surface area contributed by atoms with Crippen molar-refractivity contribution in [3.63, 3.8) is 0 Å². The second kappa shape index (κ2) is 5.86. The summed E-state index contributed by atoms with van der Waals surface area (Å²) < 4.78 is 43.7. The van der Waals surface area contributed by atoms with Crippen molar-refractivity contribution in [2.75, 3.05) is 20.7 Å². The first-order chi connectivity index (χ1) is 7.77. The van der Waals surface area contributed by atoms with Gasteiger partial charge in [0.15, 0.2) is 0 Å². The summed E-state index contributed by atoms with van der Waals surface area (Å²) >= 11 is 0. The van der Waals surface area contributed by atoms with Crippen LogP contribution in [-0.2, 0) is 9.53 Å². The molecule has 0 bridgehead atoms. The van der Waals surface area contributed by atoms with Crippen LogP contribution in [0.1, 0.15) is 6.42 Å². The molecule has 17 heavy (non-hydrogen) atoms. The minimum atomic E-state index is -4.76. The minimum Gasteiger partial charge on any atom is -0.467 e. The van der Waals surface area contributed by atoms with Crippen LogP contribution >= 0.6 is 0 Å². The molecular weight excluding hydrogens is 235 g/mol. The van der Waals surface area contributed by atoms with Gasteiger partial charge < -0.3 is 4.74 Å². The van der Waals surface area contributed by atoms with E-state index in [-0.39, 0.29) is 6.54 Å². The van der Waals surface area contributed by atoms with Crippen molar-refractivity contribution in [2.24, 2.45) is 0 Å². The molecule has 0 saturated carbocycles. The third-order valence-electron chi connectivity index (χ3n) is 2.49. The van der Waals surface area contributed by atoms with Crippen molar-refractivity contribution in [3.8, 4) is 0 Å². The normalized spacial score (nSPS) is 15.2. The Kier molecular flexibility index (Phi) is 5.41. The Morgan fingerprint density at radius 1 is 1.35 bits per heavy atom. The van der Waals surface area contributed by atoms with Gasteiger partial charge in [-0.3, -0.25) is 4.90 Å². The number of rotatable bonds is 6. The van der Waals surface area contributed by atoms with Crippen LogP contribution in [0.25, 0.3) is 0 Å². The van der Waals surface area contributed by atoms with Crippen molar-refractivity contribution < 1.29 is 22.7 Å². The van der Waals surface area contributed by atoms with E-state index in [4.69, 9.17) is 0 Å². The highest BCUT2D eigenvalue weighted by Crippen LogP contribution is 2.39. The molecule has 0 fully saturated rings. The molecule has 0 aromatic carbocycles. The van der Waals surface area contributed by atoms with Crippen LogP contribution < -0.4 is 0 Å². The van der Waals surface area contributed by atoms with E-state index in [2.05, 4.69) is 17.9 Å². The molecule has 0 amide bonds. The van der Waals surface area contributed by atoms with E-state index >= 15 is 0 Å². The van der Waals surface area contributed by atoms with Gasteiger partial charge in [-0.1, -0.05) is 12.2 Å². The summed E-state index contributed by atoms with van der Waals surface area (Å²) in [6, 6.07) is 0. The van der Waals surface area contributed by atoms with Gasteiger partial charge >= 0.3 is 12.1 Å². The van der Waals surface area contributed by atoms with Crippen LogP contribution in [0.5, 0.6) is 0 Å². The van der Waals surface area contributed by atoms with Gasteiger partial charge in [0.05, 0.1) is 7.11 Å². The van der Waals surface area contributed by atoms with E-state index < -0.39 is 24.1 Å². The van der Waals surface area contributed by atoms with Crippen LogP contribution in [0.4, 0.5) is 13.2 Å². The number of alkyl halides is 3. The van der Waals surface area contributed by atoms with E-state index in [1.54, 1.807) is 0 Å². The molecule has 0 radical (unpaired) electrons. The van der Waals surface area contributed by atoms with Gasteiger partial charge in [0.2, 0.25) is 5.54 Å². The van der Waals surface area contributed by atoms with E-state index in [9.17, 15) is 18.0 Å². The highest BCUT2D eigenvalue weighted by molar-refractivity contribution is 5.82. The first-order valence-electron chi connectivity index (χ1n) is 4.86. The molecule has 3 nitrogen and oxygen atoms in total. The number of hydrogen-bond donors (Lipinski definition) is 0. The van der Waals surface area contributed by atoms with Crippen molar-refractivity contribution >= 4 is 5.97 Å². The minimum absolute atomic E-state index is 0.0948. The second-order valence-electron chi connectivity index (χ2n) is 3.51. The fraction of sp³-hybridized carbons (Fsp3) is 0.545. The van der Waals surface area contributed by atoms with Gasteiger partial charge in [-0.25, -0.2) is 4.79 Å². The molecule has 0 rings (SSSR count). The van der Waals surface area contributed by atoms with Crippen LogP contribution in [0, 0.1) is 0 Å². The molecule has 0 aromatic heterocycles. The third-order valence-corrected chi connectivity index (χ3v) is 2.49. The summed E-state index contributed by atoms with van der Waals surface area (Å²) in [5.41, 5.74) is -2.71. The maximum atomic E-state index is 13.1. The molecule has 6 heteroatoms. The Labute approximate surface area is 98.5 Å². The summed E-state index contributed by atoms with van der Waals surface area (Å²) in [5, 5.41) is 0. The van der Waals surface area contributed by atoms with Crippen LogP contribution in [0.15, 0.2) is 25.3 Å². The average Bonchev–Trinajstić information content (AvgIpc) is 2.23. The zero-order valence-corrected chi connectivity index (χ0v) is 9.88. The molecule has 0 heterocycles. The van der Waals surface area contributed by atoms with E-state index in [0.29, 0.717) is 0 Å². The molecule has 0 aliphatic rings. The smallest absolute Gasteiger partial charge is 0.417 e. The first-order valence-corrected chi connectivity index (χ1v) is 4.86. The average molecular weight is 251 g/mol. The Morgan fingerprint density at radius 2 is 1.88 bits per heavy atom. The van der Waals surface area contributed by atoms with Gasteiger partial charge in [0.25, 0.3) is 0 Å². The topological polar surface area (TPSA) is 29.5 Å². The molecule has 0 aliphatic heterocycles. The number of methoxy groups -OCH3 is 1. The molecule has 98 valence electrons. The lowest BCUT2D eigenvalue weighted by atomic mass is 9.92. The Bertz CT molecular complexity index is 302. The summed E-state index contributed by atoms with van der Waals surface area (Å²) in [6.45, 7) is 6.52. The van der Waals surface area contributed by atoms with E-state index in [0.717, 1.165) is 18.1 Å². The van der Waals surface area contributed by atoms with Gasteiger partial charge in [-0.2, -0.15) is 13.2 Å². The van der Waals surface area contributed by atoms with Crippen LogP contribution in [0.3, 0.4) is 0 Å². The lowest BCUT2D eigenvalue weighted by Crippen LogP contribution is -2.63. The number of halogens is 3. The third kappa shape index (κ3) is 2.88. The standard InChI is InChI=1S/C11H16F3NO2/c1-5-7-10(9(16)17-4,11(12,13)14)15(3)8-6-2/h5-6H,1-2,7-8H2,3-4H3. The first kappa shape index (κ1) is 15.7. The number of esters is 1. The summed E-state index contributed by atoms with van der Waals surface area (Å²) in [5.74, 6) is -1.35. The molecule has 0 N–H and O–H groups in total. The fourth-order valence-electron chi connectivity index (χ4n) is 1.57. The summed E-state index contributed by atoms with van der Waals surface area (Å²) in [7, 11) is 2.11. The lowest BCUT2D eigenvalue weighted by Gasteiger charge is -2.39. The van der Waals surface area contributed by atoms with Gasteiger partial charge in [-0.15, -0.1) is 13.2 Å². The van der Waals surface area contributed by atoms with Gasteiger partial charge in [-0.05, 0) is 7.05 Å². The highest BCUT2D eigenvalue weighted by Gasteiger charge is 2.63. The molecule has 1 unspecified atom stereocenters. The van der Waals surface area contributed by atoms with Gasteiger partial charge in [0.1, 0.15) is 0 Å². The molecule has 0 aliphatic carbocycles. The molecule has 1 atom stereocenters. The lowest BCUT2D eigenvalue weighted by molar-refractivity contribution is -0.234. The highest BCUT2D eigenvalue weighted by atomic mass is 19.4. The van der Waals surface area contributed by atoms with Crippen LogP contribution in [0.2, 0.25) is 0 Å². The molecular formula is C11H16F3NO2. The summed E-state index contributed by atoms with van der Waals surface area (Å²) in [4.78, 5) is 12.4. The SMILES string of the molecule is C=CCN(C)C(CC=C)(C(=O)OC)C(F)(F)F. The number of nitrogens with zero attached hydrogens (tertiary/aromatic N) is 1. The quantitative estimate of drug-likeness (QED) is 0.535. The van der Waals surface area contributed by atoms with Crippen molar-refractivity contribution in [1.29, 1.82) is 0 Å². The Hall–Kier alpha value is -1.30. The largest absolute Gasteiger partial charge is 0.467 e. The fourth-order valence-corrected chi connectivity index (χ4v) is 1.57. The maximum absolute atomic E-state index is 13.1. The zero-order valence-electron chi connectivity index (χ0n) is 9.88. The number of hydrogen-bond acceptors (Lipinski definition) is 3. The van der Waals surface area contributed by atoms with E-state index in [1.165, 1.54) is 13.1 Å². The van der Waals surface area contributed by atoms with Crippen molar-refractivity contribution in [2.45, 2.75) is 18.1 Å². The van der Waals surface area contributed by atoms with Gasteiger partial charge in [0, 0.05) is 13.0 Å². The zero-order chi connectivity index (χ0) is 13.7. The van der Waals surface area contributed by atoms with Crippen molar-refractivity contribution in [1.82, 2.24) is 4.90 Å². The monoisotopic (exact) mass is 251 g/mol. The number of likely N-dealkylation sites (N-methyl/N-ethyl adjacent to an activating group) is 1. The summed E-state index contributed by atoms with van der Waals surface area (Å²) in [6.07, 6.45) is -3.00. The Morgan fingerprint density at radius 3 is 2.18 bits per heavy atom. The maximum Gasteiger partial charge on any atom is 0.417 e. The van der Waals surface area contributed by atoms with Crippen molar-refractivity contribution in [3.05, 3.63) is 25.3 Å². The van der Waals surface area contributed by atoms with E-state index in [1.807, 2.05) is 0 Å². The Balaban J connectivity index is 5.62. The number of ether oxygens (including phenoxy) is 1. The second-order valence-corrected chi connectivity index (χ2v) is 3.51. The number of carbonyl (C=O) groups excluding carboxylic acids is 1. The molecule has 0 aromatic rings. The molecule has 0 saturated heterocycles. The predicted molar refractivity (Wildman–Crippen MR) is 58.4 cm³/mol. The molecule has 0 spiro atoms. The number of carbonyl (C=O) groups is 1. The predicted octanol–water partition coefficient (Wildman–Crippen LogP) is 2.15. The van der Waals surface area contributed by atoms with Crippen LogP contribution in [-0.4, -0.2) is 43.3 Å².